The smallest absolute Gasteiger partial charge is 0.410 e. The lowest BCUT2D eigenvalue weighted by Crippen LogP contribution is -2.47. The third-order valence-electron chi connectivity index (χ3n) is 3.91. The topological polar surface area (TPSA) is 96.7 Å². The summed E-state index contributed by atoms with van der Waals surface area (Å²) in [5.41, 5.74) is 0.635. The maximum atomic E-state index is 12.7. The number of nitrogens with zero attached hydrogens (tertiary/aromatic N) is 3. The zero-order valence-corrected chi connectivity index (χ0v) is 15.8. The zero-order valence-electron chi connectivity index (χ0n) is 15.8. The number of aliphatic hydroxyl groups excluding tert-OH is 1. The van der Waals surface area contributed by atoms with Gasteiger partial charge in [-0.2, -0.15) is 5.10 Å². The molecule has 1 aromatic rings. The van der Waals surface area contributed by atoms with Gasteiger partial charge in [-0.25, -0.2) is 4.79 Å². The largest absolute Gasteiger partial charge is 0.444 e. The second kappa shape index (κ2) is 6.67. The van der Waals surface area contributed by atoms with Crippen LogP contribution < -0.4 is 5.32 Å². The minimum Gasteiger partial charge on any atom is -0.444 e. The molecular weight excluding hydrogens is 324 g/mol. The van der Waals surface area contributed by atoms with Crippen molar-refractivity contribution in [2.45, 2.75) is 58.7 Å². The van der Waals surface area contributed by atoms with Crippen LogP contribution in [0.15, 0.2) is 0 Å². The van der Waals surface area contributed by atoms with E-state index in [0.29, 0.717) is 18.7 Å². The Morgan fingerprint density at radius 2 is 1.92 bits per heavy atom. The van der Waals surface area contributed by atoms with Gasteiger partial charge in [0.25, 0.3) is 5.91 Å². The number of ether oxygens (including phenoxy) is 1. The second-order valence-electron chi connectivity index (χ2n) is 8.05. The molecule has 1 aliphatic heterocycles. The Hall–Kier alpha value is -2.09. The van der Waals surface area contributed by atoms with Crippen LogP contribution in [-0.2, 0) is 24.8 Å². The lowest BCUT2D eigenvalue weighted by atomic mass is 10.0. The van der Waals surface area contributed by atoms with Crippen molar-refractivity contribution in [1.82, 2.24) is 20.0 Å². The number of nitrogens with one attached hydrogen (secondary N) is 1. The van der Waals surface area contributed by atoms with E-state index < -0.39 is 17.2 Å². The van der Waals surface area contributed by atoms with Gasteiger partial charge in [0, 0.05) is 25.6 Å². The standard InChI is InChI=1S/C17H28N4O4/c1-16(2,3)25-15(24)21-8-7-12-11(9-21)13(20(6)19-12)14(23)18-17(4,5)10-22/h22H,7-10H2,1-6H3,(H,18,23). The summed E-state index contributed by atoms with van der Waals surface area (Å²) in [6, 6.07) is 0. The van der Waals surface area contributed by atoms with Crippen molar-refractivity contribution >= 4 is 12.0 Å². The van der Waals surface area contributed by atoms with Crippen LogP contribution in [-0.4, -0.2) is 56.1 Å². The maximum absolute atomic E-state index is 12.7. The Morgan fingerprint density at radius 1 is 1.28 bits per heavy atom. The first-order valence-corrected chi connectivity index (χ1v) is 8.39. The van der Waals surface area contributed by atoms with Crippen LogP contribution in [0.25, 0.3) is 0 Å². The molecule has 2 amide bonds. The number of carbonyl (C=O) groups excluding carboxylic acids is 2. The van der Waals surface area contributed by atoms with Crippen molar-refractivity contribution < 1.29 is 19.4 Å². The molecule has 25 heavy (non-hydrogen) atoms. The molecule has 0 aromatic carbocycles. The molecule has 0 spiro atoms. The van der Waals surface area contributed by atoms with E-state index in [9.17, 15) is 14.7 Å². The normalized spacial score (nSPS) is 14.9. The van der Waals surface area contributed by atoms with Crippen LogP contribution in [0.5, 0.6) is 0 Å². The quantitative estimate of drug-likeness (QED) is 0.852. The van der Waals surface area contributed by atoms with E-state index >= 15 is 0 Å². The highest BCUT2D eigenvalue weighted by Gasteiger charge is 2.32. The number of fused-ring (bicyclic) bond motifs is 1. The Bertz CT molecular complexity index is 673. The highest BCUT2D eigenvalue weighted by Crippen LogP contribution is 2.24. The molecule has 2 heterocycles. The SMILES string of the molecule is Cn1nc2c(c1C(=O)NC(C)(C)CO)CN(C(=O)OC(C)(C)C)CC2. The fourth-order valence-electron chi connectivity index (χ4n) is 2.67. The minimum atomic E-state index is -0.742. The predicted octanol–water partition coefficient (Wildman–Crippen LogP) is 1.21. The van der Waals surface area contributed by atoms with E-state index in [1.807, 2.05) is 20.8 Å². The van der Waals surface area contributed by atoms with Gasteiger partial charge in [-0.3, -0.25) is 9.48 Å². The molecule has 140 valence electrons. The molecular formula is C17H28N4O4. The minimum absolute atomic E-state index is 0.178. The molecule has 2 rings (SSSR count). The van der Waals surface area contributed by atoms with Crippen molar-refractivity contribution in [3.63, 3.8) is 0 Å². The summed E-state index contributed by atoms with van der Waals surface area (Å²) in [7, 11) is 1.71. The molecule has 0 atom stereocenters. The average Bonchev–Trinajstić information content (AvgIpc) is 2.79. The fraction of sp³-hybridized carbons (Fsp3) is 0.706. The Morgan fingerprint density at radius 3 is 2.48 bits per heavy atom. The summed E-state index contributed by atoms with van der Waals surface area (Å²) in [6.07, 6.45) is 0.170. The Labute approximate surface area is 148 Å². The summed E-state index contributed by atoms with van der Waals surface area (Å²) in [6.45, 7) is 9.54. The van der Waals surface area contributed by atoms with E-state index in [1.165, 1.54) is 4.68 Å². The Kier molecular flexibility index (Phi) is 5.13. The van der Waals surface area contributed by atoms with Crippen molar-refractivity contribution in [3.05, 3.63) is 17.0 Å². The van der Waals surface area contributed by atoms with E-state index in [1.54, 1.807) is 25.8 Å². The van der Waals surface area contributed by atoms with E-state index in [2.05, 4.69) is 10.4 Å². The number of rotatable bonds is 3. The lowest BCUT2D eigenvalue weighted by Gasteiger charge is -2.30. The van der Waals surface area contributed by atoms with Gasteiger partial charge in [0.2, 0.25) is 0 Å². The Balaban J connectivity index is 2.24. The van der Waals surface area contributed by atoms with Crippen LogP contribution in [0, 0.1) is 0 Å². The van der Waals surface area contributed by atoms with Crippen LogP contribution in [0.4, 0.5) is 4.79 Å². The average molecular weight is 352 g/mol. The molecule has 0 saturated heterocycles. The number of aryl methyl sites for hydroxylation is 1. The number of hydrogen-bond donors (Lipinski definition) is 2. The van der Waals surface area contributed by atoms with Crippen molar-refractivity contribution in [2.75, 3.05) is 13.2 Å². The van der Waals surface area contributed by atoms with Crippen LogP contribution in [0.2, 0.25) is 0 Å². The van der Waals surface area contributed by atoms with Gasteiger partial charge in [0.1, 0.15) is 11.3 Å². The van der Waals surface area contributed by atoms with Gasteiger partial charge in [-0.1, -0.05) is 0 Å². The van der Waals surface area contributed by atoms with Crippen LogP contribution in [0.3, 0.4) is 0 Å². The molecule has 0 fully saturated rings. The van der Waals surface area contributed by atoms with Gasteiger partial charge in [0.05, 0.1) is 24.4 Å². The maximum Gasteiger partial charge on any atom is 0.410 e. The summed E-state index contributed by atoms with van der Waals surface area (Å²) < 4.78 is 6.96. The second-order valence-corrected chi connectivity index (χ2v) is 8.05. The monoisotopic (exact) mass is 352 g/mol. The summed E-state index contributed by atoms with van der Waals surface area (Å²) in [5, 5.41) is 16.6. The molecule has 0 saturated carbocycles. The van der Waals surface area contributed by atoms with Gasteiger partial charge in [-0.15, -0.1) is 0 Å². The molecule has 0 radical (unpaired) electrons. The summed E-state index contributed by atoms with van der Waals surface area (Å²) in [4.78, 5) is 26.6. The van der Waals surface area contributed by atoms with Gasteiger partial charge in [-0.05, 0) is 34.6 Å². The number of carbonyl (C=O) groups is 2. The highest BCUT2D eigenvalue weighted by atomic mass is 16.6. The number of hydrogen-bond acceptors (Lipinski definition) is 5. The molecule has 8 nitrogen and oxygen atoms in total. The van der Waals surface area contributed by atoms with Gasteiger partial charge < -0.3 is 20.1 Å². The number of aromatic nitrogens is 2. The zero-order chi connectivity index (χ0) is 19.0. The van der Waals surface area contributed by atoms with Gasteiger partial charge >= 0.3 is 6.09 Å². The molecule has 0 unspecified atom stereocenters. The van der Waals surface area contributed by atoms with Crippen LogP contribution in [0.1, 0.15) is 56.4 Å². The third-order valence-corrected chi connectivity index (χ3v) is 3.91. The lowest BCUT2D eigenvalue weighted by molar-refractivity contribution is 0.0222. The van der Waals surface area contributed by atoms with Crippen molar-refractivity contribution in [2.24, 2.45) is 7.05 Å². The molecule has 2 N–H and O–H groups in total. The first kappa shape index (κ1) is 19.2. The molecule has 0 aliphatic carbocycles. The number of aliphatic hydroxyl groups is 1. The fourth-order valence-corrected chi connectivity index (χ4v) is 2.67. The van der Waals surface area contributed by atoms with E-state index in [-0.39, 0.29) is 19.1 Å². The molecule has 8 heteroatoms. The van der Waals surface area contributed by atoms with Gasteiger partial charge in [0.15, 0.2) is 0 Å². The van der Waals surface area contributed by atoms with Crippen LogP contribution >= 0.6 is 0 Å². The predicted molar refractivity (Wildman–Crippen MR) is 92.2 cm³/mol. The first-order valence-electron chi connectivity index (χ1n) is 8.39. The van der Waals surface area contributed by atoms with E-state index in [4.69, 9.17) is 4.74 Å². The summed E-state index contributed by atoms with van der Waals surface area (Å²) >= 11 is 0. The van der Waals surface area contributed by atoms with E-state index in [0.717, 1.165) is 11.3 Å². The highest BCUT2D eigenvalue weighted by molar-refractivity contribution is 5.95. The first-order chi connectivity index (χ1) is 11.4. The molecule has 1 aromatic heterocycles. The van der Waals surface area contributed by atoms with Crippen molar-refractivity contribution in [1.29, 1.82) is 0 Å². The van der Waals surface area contributed by atoms with Crippen molar-refractivity contribution in [3.8, 4) is 0 Å². The third kappa shape index (κ3) is 4.50. The number of amides is 2. The molecule has 0 bridgehead atoms. The summed E-state index contributed by atoms with van der Waals surface area (Å²) in [5.74, 6) is -0.318. The molecule has 1 aliphatic rings.